The summed E-state index contributed by atoms with van der Waals surface area (Å²) in [5, 5.41) is 7.00. The van der Waals surface area contributed by atoms with E-state index in [1.165, 1.54) is 44.2 Å². The number of aliphatic imine (C=N–C) groups is 1. The van der Waals surface area contributed by atoms with E-state index in [0.717, 1.165) is 25.1 Å². The second-order valence-corrected chi connectivity index (χ2v) is 6.47. The van der Waals surface area contributed by atoms with Crippen LogP contribution in [0.15, 0.2) is 35.3 Å². The number of hydrogen-bond donors (Lipinski definition) is 2. The predicted octanol–water partition coefficient (Wildman–Crippen LogP) is 2.37. The van der Waals surface area contributed by atoms with Crippen molar-refractivity contribution in [2.45, 2.75) is 50.7 Å². The van der Waals surface area contributed by atoms with Crippen molar-refractivity contribution in [1.29, 1.82) is 0 Å². The predicted molar refractivity (Wildman–Crippen MR) is 92.0 cm³/mol. The summed E-state index contributed by atoms with van der Waals surface area (Å²) >= 11 is 0. The number of nitrogens with one attached hydrogen (secondary N) is 2. The monoisotopic (exact) mass is 300 g/mol. The van der Waals surface area contributed by atoms with Crippen molar-refractivity contribution in [2.24, 2.45) is 4.99 Å². The molecular formula is C18H28N4. The van der Waals surface area contributed by atoms with Gasteiger partial charge >= 0.3 is 0 Å². The molecule has 1 aromatic rings. The van der Waals surface area contributed by atoms with Crippen LogP contribution in [-0.2, 0) is 6.54 Å². The summed E-state index contributed by atoms with van der Waals surface area (Å²) in [5.41, 5.74) is 1.28. The summed E-state index contributed by atoms with van der Waals surface area (Å²) in [4.78, 5) is 7.04. The van der Waals surface area contributed by atoms with E-state index < -0.39 is 0 Å². The minimum Gasteiger partial charge on any atom is -0.352 e. The van der Waals surface area contributed by atoms with Crippen molar-refractivity contribution in [3.05, 3.63) is 35.9 Å². The van der Waals surface area contributed by atoms with E-state index in [4.69, 9.17) is 0 Å². The molecule has 1 atom stereocenters. The van der Waals surface area contributed by atoms with Gasteiger partial charge < -0.3 is 10.6 Å². The zero-order chi connectivity index (χ0) is 15.2. The van der Waals surface area contributed by atoms with Crippen LogP contribution in [0.3, 0.4) is 0 Å². The van der Waals surface area contributed by atoms with E-state index in [2.05, 4.69) is 44.8 Å². The van der Waals surface area contributed by atoms with E-state index in [1.807, 2.05) is 13.1 Å². The zero-order valence-electron chi connectivity index (χ0n) is 13.6. The topological polar surface area (TPSA) is 39.7 Å². The highest BCUT2D eigenvalue weighted by Crippen LogP contribution is 2.26. The van der Waals surface area contributed by atoms with E-state index in [-0.39, 0.29) is 0 Å². The molecule has 3 rings (SSSR count). The molecule has 0 aromatic heterocycles. The number of benzene rings is 1. The number of hydrogen-bond acceptors (Lipinski definition) is 2. The molecule has 120 valence electrons. The molecule has 2 N–H and O–H groups in total. The quantitative estimate of drug-likeness (QED) is 0.662. The first-order chi connectivity index (χ1) is 10.8. The maximum Gasteiger partial charge on any atom is 0.191 e. The average molecular weight is 300 g/mol. The Morgan fingerprint density at radius 1 is 1.18 bits per heavy atom. The highest BCUT2D eigenvalue weighted by atomic mass is 15.3. The third-order valence-corrected chi connectivity index (χ3v) is 4.93. The Morgan fingerprint density at radius 2 is 1.95 bits per heavy atom. The van der Waals surface area contributed by atoms with Crippen LogP contribution >= 0.6 is 0 Å². The molecule has 2 fully saturated rings. The van der Waals surface area contributed by atoms with E-state index >= 15 is 0 Å². The van der Waals surface area contributed by atoms with Gasteiger partial charge in [-0.1, -0.05) is 43.2 Å². The van der Waals surface area contributed by atoms with Gasteiger partial charge in [0.2, 0.25) is 0 Å². The molecule has 22 heavy (non-hydrogen) atoms. The summed E-state index contributed by atoms with van der Waals surface area (Å²) in [6.45, 7) is 3.22. The molecule has 2 aliphatic rings. The normalized spacial score (nSPS) is 23.9. The highest BCUT2D eigenvalue weighted by molar-refractivity contribution is 5.80. The molecule has 1 saturated heterocycles. The highest BCUT2D eigenvalue weighted by Gasteiger charge is 2.30. The van der Waals surface area contributed by atoms with Gasteiger partial charge in [0.15, 0.2) is 5.96 Å². The molecular weight excluding hydrogens is 272 g/mol. The van der Waals surface area contributed by atoms with Gasteiger partial charge in [-0.15, -0.1) is 0 Å². The van der Waals surface area contributed by atoms with Crippen LogP contribution in [0.1, 0.15) is 37.7 Å². The maximum atomic E-state index is 4.37. The fourth-order valence-electron chi connectivity index (χ4n) is 3.68. The van der Waals surface area contributed by atoms with Gasteiger partial charge in [-0.2, -0.15) is 0 Å². The Balaban J connectivity index is 1.45. The maximum absolute atomic E-state index is 4.37. The minimum absolute atomic E-state index is 0.530. The Bertz CT molecular complexity index is 479. The SMILES string of the molecule is CN=C(NCc1ccccc1)N[C@H]1CCN(C2CCCC2)C1. The number of rotatable bonds is 4. The lowest BCUT2D eigenvalue weighted by atomic mass is 10.2. The fourth-order valence-corrected chi connectivity index (χ4v) is 3.68. The Morgan fingerprint density at radius 3 is 2.68 bits per heavy atom. The summed E-state index contributed by atoms with van der Waals surface area (Å²) in [5.74, 6) is 0.919. The molecule has 1 heterocycles. The van der Waals surface area contributed by atoms with Crippen LogP contribution in [0.4, 0.5) is 0 Å². The molecule has 1 aromatic carbocycles. The second-order valence-electron chi connectivity index (χ2n) is 6.47. The lowest BCUT2D eigenvalue weighted by Gasteiger charge is -2.24. The first kappa shape index (κ1) is 15.3. The van der Waals surface area contributed by atoms with Crippen LogP contribution in [0.2, 0.25) is 0 Å². The summed E-state index contributed by atoms with van der Waals surface area (Å²) < 4.78 is 0. The largest absolute Gasteiger partial charge is 0.352 e. The van der Waals surface area contributed by atoms with Crippen molar-refractivity contribution in [3.8, 4) is 0 Å². The van der Waals surface area contributed by atoms with Crippen LogP contribution < -0.4 is 10.6 Å². The van der Waals surface area contributed by atoms with Gasteiger partial charge in [0, 0.05) is 38.8 Å². The molecule has 4 nitrogen and oxygen atoms in total. The standard InChI is InChI=1S/C18H28N4/c1-19-18(20-13-15-7-3-2-4-8-15)21-16-11-12-22(14-16)17-9-5-6-10-17/h2-4,7-8,16-17H,5-6,9-14H2,1H3,(H2,19,20,21)/t16-/m0/s1. The first-order valence-electron chi connectivity index (χ1n) is 8.60. The zero-order valence-corrected chi connectivity index (χ0v) is 13.6. The van der Waals surface area contributed by atoms with Gasteiger partial charge in [-0.05, 0) is 24.8 Å². The number of guanidine groups is 1. The van der Waals surface area contributed by atoms with Gasteiger partial charge in [0.25, 0.3) is 0 Å². The van der Waals surface area contributed by atoms with E-state index in [1.54, 1.807) is 0 Å². The van der Waals surface area contributed by atoms with Gasteiger partial charge in [0.05, 0.1) is 0 Å². The number of nitrogens with zero attached hydrogens (tertiary/aromatic N) is 2. The molecule has 1 aliphatic heterocycles. The van der Waals surface area contributed by atoms with Crippen molar-refractivity contribution in [3.63, 3.8) is 0 Å². The minimum atomic E-state index is 0.530. The van der Waals surface area contributed by atoms with Gasteiger partial charge in [-0.25, -0.2) is 0 Å². The molecule has 1 saturated carbocycles. The fraction of sp³-hybridized carbons (Fsp3) is 0.611. The Labute approximate surface area is 134 Å². The second kappa shape index (κ2) is 7.63. The Kier molecular flexibility index (Phi) is 5.33. The van der Waals surface area contributed by atoms with Crippen molar-refractivity contribution < 1.29 is 0 Å². The molecule has 0 radical (unpaired) electrons. The molecule has 0 amide bonds. The van der Waals surface area contributed by atoms with Crippen LogP contribution in [0.5, 0.6) is 0 Å². The lowest BCUT2D eigenvalue weighted by molar-refractivity contribution is 0.242. The third-order valence-electron chi connectivity index (χ3n) is 4.93. The molecule has 0 bridgehead atoms. The molecule has 0 spiro atoms. The van der Waals surface area contributed by atoms with Gasteiger partial charge in [-0.3, -0.25) is 9.89 Å². The van der Waals surface area contributed by atoms with Crippen LogP contribution in [-0.4, -0.2) is 43.1 Å². The smallest absolute Gasteiger partial charge is 0.191 e. The number of likely N-dealkylation sites (tertiary alicyclic amines) is 1. The first-order valence-corrected chi connectivity index (χ1v) is 8.60. The van der Waals surface area contributed by atoms with E-state index in [9.17, 15) is 0 Å². The summed E-state index contributed by atoms with van der Waals surface area (Å²) in [6, 6.07) is 11.8. The molecule has 1 aliphatic carbocycles. The summed E-state index contributed by atoms with van der Waals surface area (Å²) in [6.07, 6.45) is 6.85. The van der Waals surface area contributed by atoms with Crippen molar-refractivity contribution >= 4 is 5.96 Å². The van der Waals surface area contributed by atoms with Crippen LogP contribution in [0.25, 0.3) is 0 Å². The summed E-state index contributed by atoms with van der Waals surface area (Å²) in [7, 11) is 1.85. The van der Waals surface area contributed by atoms with Crippen LogP contribution in [0, 0.1) is 0 Å². The molecule has 0 unspecified atom stereocenters. The average Bonchev–Trinajstić information content (AvgIpc) is 3.23. The molecule has 4 heteroatoms. The lowest BCUT2D eigenvalue weighted by Crippen LogP contribution is -2.45. The Hall–Kier alpha value is -1.55. The van der Waals surface area contributed by atoms with Crippen molar-refractivity contribution in [1.82, 2.24) is 15.5 Å². The third kappa shape index (κ3) is 4.01. The van der Waals surface area contributed by atoms with Crippen molar-refractivity contribution in [2.75, 3.05) is 20.1 Å². The van der Waals surface area contributed by atoms with E-state index in [0.29, 0.717) is 6.04 Å². The van der Waals surface area contributed by atoms with Gasteiger partial charge in [0.1, 0.15) is 0 Å².